The van der Waals surface area contributed by atoms with Gasteiger partial charge in [0.2, 0.25) is 11.8 Å². The first-order valence-electron chi connectivity index (χ1n) is 11.6. The molecule has 0 radical (unpaired) electrons. The van der Waals surface area contributed by atoms with Crippen LogP contribution in [0.2, 0.25) is 0 Å². The van der Waals surface area contributed by atoms with Crippen molar-refractivity contribution in [2.75, 3.05) is 24.6 Å². The topological polar surface area (TPSA) is 58.6 Å². The van der Waals surface area contributed by atoms with Crippen molar-refractivity contribution in [2.45, 2.75) is 25.7 Å². The highest BCUT2D eigenvalue weighted by atomic mass is 16.5. The highest BCUT2D eigenvalue weighted by molar-refractivity contribution is 6.00. The standard InChI is InChI=1S/C28H30N2O3/c1-2-33-25-15-13-24(14-16-25)30-20-23(19-27(30)31)28(32)29-18-17-26(21-9-5-3-6-10-21)22-11-7-4-8-12-22/h3-16,23,26H,2,17-20H2,1H3,(H,29,32)/t23-/m0/s1. The molecule has 1 aliphatic heterocycles. The van der Waals surface area contributed by atoms with E-state index in [0.717, 1.165) is 17.9 Å². The molecule has 0 aromatic heterocycles. The van der Waals surface area contributed by atoms with Crippen LogP contribution >= 0.6 is 0 Å². The maximum absolute atomic E-state index is 12.9. The number of hydrogen-bond donors (Lipinski definition) is 1. The fourth-order valence-electron chi connectivity index (χ4n) is 4.40. The van der Waals surface area contributed by atoms with Gasteiger partial charge < -0.3 is 15.0 Å². The summed E-state index contributed by atoms with van der Waals surface area (Å²) in [6, 6.07) is 28.2. The minimum atomic E-state index is -0.337. The van der Waals surface area contributed by atoms with Gasteiger partial charge in [-0.1, -0.05) is 60.7 Å². The Morgan fingerprint density at radius 1 is 0.970 bits per heavy atom. The molecule has 0 bridgehead atoms. The van der Waals surface area contributed by atoms with E-state index in [4.69, 9.17) is 4.74 Å². The second kappa shape index (κ2) is 10.8. The molecule has 0 unspecified atom stereocenters. The van der Waals surface area contributed by atoms with Crippen LogP contribution in [-0.2, 0) is 9.59 Å². The van der Waals surface area contributed by atoms with Gasteiger partial charge in [-0.3, -0.25) is 9.59 Å². The van der Waals surface area contributed by atoms with Crippen LogP contribution in [0.25, 0.3) is 0 Å². The molecule has 2 amide bonds. The van der Waals surface area contributed by atoms with E-state index < -0.39 is 0 Å². The zero-order valence-corrected chi connectivity index (χ0v) is 18.9. The van der Waals surface area contributed by atoms with Crippen LogP contribution in [0.5, 0.6) is 5.75 Å². The number of amides is 2. The van der Waals surface area contributed by atoms with Crippen molar-refractivity contribution < 1.29 is 14.3 Å². The van der Waals surface area contributed by atoms with Crippen LogP contribution in [0.15, 0.2) is 84.9 Å². The largest absolute Gasteiger partial charge is 0.494 e. The normalized spacial score (nSPS) is 15.6. The van der Waals surface area contributed by atoms with E-state index in [-0.39, 0.29) is 30.1 Å². The van der Waals surface area contributed by atoms with E-state index in [9.17, 15) is 9.59 Å². The Balaban J connectivity index is 1.35. The lowest BCUT2D eigenvalue weighted by Crippen LogP contribution is -2.34. The van der Waals surface area contributed by atoms with E-state index in [1.54, 1.807) is 4.90 Å². The van der Waals surface area contributed by atoms with E-state index in [1.165, 1.54) is 11.1 Å². The zero-order chi connectivity index (χ0) is 23.0. The molecule has 33 heavy (non-hydrogen) atoms. The van der Waals surface area contributed by atoms with Gasteiger partial charge in [0, 0.05) is 31.1 Å². The molecule has 0 aliphatic carbocycles. The Hall–Kier alpha value is -3.60. The van der Waals surface area contributed by atoms with Gasteiger partial charge in [-0.2, -0.15) is 0 Å². The van der Waals surface area contributed by atoms with Crippen molar-refractivity contribution in [1.29, 1.82) is 0 Å². The Bertz CT molecular complexity index is 1010. The summed E-state index contributed by atoms with van der Waals surface area (Å²) >= 11 is 0. The Kier molecular flexibility index (Phi) is 7.40. The van der Waals surface area contributed by atoms with E-state index in [1.807, 2.05) is 67.6 Å². The molecule has 3 aromatic rings. The third kappa shape index (κ3) is 5.61. The number of carbonyl (C=O) groups excluding carboxylic acids is 2. The van der Waals surface area contributed by atoms with Gasteiger partial charge in [-0.15, -0.1) is 0 Å². The average Bonchev–Trinajstić information content (AvgIpc) is 3.25. The predicted molar refractivity (Wildman–Crippen MR) is 130 cm³/mol. The molecular weight excluding hydrogens is 412 g/mol. The molecule has 0 saturated carbocycles. The third-order valence-corrected chi connectivity index (χ3v) is 6.09. The Morgan fingerprint density at radius 2 is 1.58 bits per heavy atom. The van der Waals surface area contributed by atoms with Gasteiger partial charge in [0.05, 0.1) is 12.5 Å². The quantitative estimate of drug-likeness (QED) is 0.519. The second-order valence-corrected chi connectivity index (χ2v) is 8.29. The molecule has 170 valence electrons. The van der Waals surface area contributed by atoms with Crippen LogP contribution < -0.4 is 15.0 Å². The lowest BCUT2D eigenvalue weighted by atomic mass is 9.88. The maximum Gasteiger partial charge on any atom is 0.227 e. The first-order valence-corrected chi connectivity index (χ1v) is 11.6. The molecular formula is C28H30N2O3. The van der Waals surface area contributed by atoms with Crippen LogP contribution in [0.3, 0.4) is 0 Å². The molecule has 3 aromatic carbocycles. The van der Waals surface area contributed by atoms with Gasteiger partial charge in [-0.25, -0.2) is 0 Å². The average molecular weight is 443 g/mol. The van der Waals surface area contributed by atoms with Crippen molar-refractivity contribution in [3.05, 3.63) is 96.1 Å². The number of benzene rings is 3. The highest BCUT2D eigenvalue weighted by Gasteiger charge is 2.35. The lowest BCUT2D eigenvalue weighted by Gasteiger charge is -2.19. The van der Waals surface area contributed by atoms with E-state index in [0.29, 0.717) is 19.7 Å². The van der Waals surface area contributed by atoms with Crippen LogP contribution in [0, 0.1) is 5.92 Å². The van der Waals surface area contributed by atoms with E-state index in [2.05, 4.69) is 29.6 Å². The fourth-order valence-corrected chi connectivity index (χ4v) is 4.40. The number of ether oxygens (including phenoxy) is 1. The van der Waals surface area contributed by atoms with Crippen molar-refractivity contribution in [1.82, 2.24) is 5.32 Å². The number of rotatable bonds is 9. The molecule has 4 rings (SSSR count). The number of nitrogens with one attached hydrogen (secondary N) is 1. The Labute approximate surface area is 195 Å². The maximum atomic E-state index is 12.9. The molecule has 5 nitrogen and oxygen atoms in total. The Morgan fingerprint density at radius 3 is 2.15 bits per heavy atom. The first kappa shape index (κ1) is 22.6. The highest BCUT2D eigenvalue weighted by Crippen LogP contribution is 2.29. The number of carbonyl (C=O) groups is 2. The molecule has 1 heterocycles. The van der Waals surface area contributed by atoms with Crippen molar-refractivity contribution >= 4 is 17.5 Å². The fraction of sp³-hybridized carbons (Fsp3) is 0.286. The van der Waals surface area contributed by atoms with Gasteiger partial charge in [0.25, 0.3) is 0 Å². The lowest BCUT2D eigenvalue weighted by molar-refractivity contribution is -0.126. The summed E-state index contributed by atoms with van der Waals surface area (Å²) in [4.78, 5) is 27.1. The van der Waals surface area contributed by atoms with Crippen molar-refractivity contribution in [2.24, 2.45) is 5.92 Å². The first-order chi connectivity index (χ1) is 16.2. The van der Waals surface area contributed by atoms with E-state index >= 15 is 0 Å². The van der Waals surface area contributed by atoms with Gasteiger partial charge in [0.15, 0.2) is 0 Å². The molecule has 1 fully saturated rings. The summed E-state index contributed by atoms with van der Waals surface area (Å²) in [7, 11) is 0. The SMILES string of the molecule is CCOc1ccc(N2C[C@@H](C(=O)NCCC(c3ccccc3)c3ccccc3)CC2=O)cc1. The van der Waals surface area contributed by atoms with Gasteiger partial charge in [0.1, 0.15) is 5.75 Å². The molecule has 0 spiro atoms. The molecule has 1 saturated heterocycles. The molecule has 5 heteroatoms. The van der Waals surface area contributed by atoms with Crippen LogP contribution in [0.4, 0.5) is 5.69 Å². The zero-order valence-electron chi connectivity index (χ0n) is 18.9. The smallest absolute Gasteiger partial charge is 0.227 e. The van der Waals surface area contributed by atoms with Crippen molar-refractivity contribution in [3.8, 4) is 5.75 Å². The minimum absolute atomic E-state index is 0.0224. The monoisotopic (exact) mass is 442 g/mol. The summed E-state index contributed by atoms with van der Waals surface area (Å²) in [5.74, 6) is 0.560. The third-order valence-electron chi connectivity index (χ3n) is 6.09. The summed E-state index contributed by atoms with van der Waals surface area (Å²) < 4.78 is 5.47. The van der Waals surface area contributed by atoms with Gasteiger partial charge >= 0.3 is 0 Å². The summed E-state index contributed by atoms with van der Waals surface area (Å²) in [5, 5.41) is 3.08. The predicted octanol–water partition coefficient (Wildman–Crippen LogP) is 4.78. The summed E-state index contributed by atoms with van der Waals surface area (Å²) in [5.41, 5.74) is 3.26. The molecule has 1 atom stereocenters. The molecule has 1 N–H and O–H groups in total. The minimum Gasteiger partial charge on any atom is -0.494 e. The summed E-state index contributed by atoms with van der Waals surface area (Å²) in [6.07, 6.45) is 1.03. The molecule has 1 aliphatic rings. The number of anilines is 1. The summed E-state index contributed by atoms with van der Waals surface area (Å²) in [6.45, 7) is 3.49. The second-order valence-electron chi connectivity index (χ2n) is 8.29. The van der Waals surface area contributed by atoms with Crippen LogP contribution in [0.1, 0.15) is 36.8 Å². The van der Waals surface area contributed by atoms with Crippen molar-refractivity contribution in [3.63, 3.8) is 0 Å². The number of hydrogen-bond acceptors (Lipinski definition) is 3. The van der Waals surface area contributed by atoms with Gasteiger partial charge in [-0.05, 0) is 48.7 Å². The van der Waals surface area contributed by atoms with Crippen LogP contribution in [-0.4, -0.2) is 31.5 Å². The number of nitrogens with zero attached hydrogens (tertiary/aromatic N) is 1.